The molecule has 0 aliphatic carbocycles. The molecule has 0 unspecified atom stereocenters. The van der Waals surface area contributed by atoms with Crippen molar-refractivity contribution in [2.45, 2.75) is 33.2 Å². The summed E-state index contributed by atoms with van der Waals surface area (Å²) in [6.45, 7) is 7.26. The Kier molecular flexibility index (Phi) is 6.63. The highest BCUT2D eigenvalue weighted by atomic mass is 16.5. The number of ether oxygens (including phenoxy) is 1. The fourth-order valence-corrected chi connectivity index (χ4v) is 3.50. The van der Waals surface area contributed by atoms with Gasteiger partial charge in [-0.1, -0.05) is 18.2 Å². The maximum Gasteiger partial charge on any atom is 0.310 e. The minimum atomic E-state index is -0.0989. The van der Waals surface area contributed by atoms with Crippen LogP contribution in [0.3, 0.4) is 0 Å². The second-order valence-corrected chi connectivity index (χ2v) is 6.69. The Bertz CT molecular complexity index is 800. The molecule has 1 aromatic heterocycles. The van der Waals surface area contributed by atoms with Crippen molar-refractivity contribution in [1.82, 2.24) is 15.2 Å². The van der Waals surface area contributed by atoms with Crippen LogP contribution in [-0.2, 0) is 16.1 Å². The van der Waals surface area contributed by atoms with Crippen LogP contribution in [0.5, 0.6) is 0 Å². The minimum absolute atomic E-state index is 0.0793. The third-order valence-corrected chi connectivity index (χ3v) is 4.81. The maximum atomic E-state index is 12.1. The highest BCUT2D eigenvalue weighted by Gasteiger charge is 2.28. The number of rotatable bonds is 5. The molecule has 1 aromatic carbocycles. The van der Waals surface area contributed by atoms with E-state index in [1.54, 1.807) is 0 Å². The SMILES string of the molecule is CCNC(=NCc1ccnc2ccccc12)N1CCC[C@@H](C(=O)OCC)C1. The molecule has 0 radical (unpaired) electrons. The predicted molar refractivity (Wildman–Crippen MR) is 107 cm³/mol. The summed E-state index contributed by atoms with van der Waals surface area (Å²) < 4.78 is 5.21. The topological polar surface area (TPSA) is 66.8 Å². The predicted octanol–water partition coefficient (Wildman–Crippen LogP) is 2.98. The molecule has 6 heteroatoms. The summed E-state index contributed by atoms with van der Waals surface area (Å²) in [7, 11) is 0. The van der Waals surface area contributed by atoms with Crippen LogP contribution in [0.1, 0.15) is 32.3 Å². The summed E-state index contributed by atoms with van der Waals surface area (Å²) in [5, 5.41) is 4.50. The van der Waals surface area contributed by atoms with E-state index in [4.69, 9.17) is 9.73 Å². The van der Waals surface area contributed by atoms with Crippen LogP contribution < -0.4 is 5.32 Å². The molecular weight excluding hydrogens is 340 g/mol. The van der Waals surface area contributed by atoms with Crippen LogP contribution in [-0.4, -0.2) is 48.1 Å². The number of aromatic nitrogens is 1. The van der Waals surface area contributed by atoms with E-state index < -0.39 is 0 Å². The lowest BCUT2D eigenvalue weighted by molar-refractivity contribution is -0.149. The first-order valence-corrected chi connectivity index (χ1v) is 9.75. The molecule has 2 aromatic rings. The van der Waals surface area contributed by atoms with Gasteiger partial charge in [0.25, 0.3) is 0 Å². The number of piperidine rings is 1. The highest BCUT2D eigenvalue weighted by molar-refractivity contribution is 5.84. The van der Waals surface area contributed by atoms with E-state index >= 15 is 0 Å². The zero-order chi connectivity index (χ0) is 19.1. The Morgan fingerprint density at radius 3 is 3.00 bits per heavy atom. The lowest BCUT2D eigenvalue weighted by Crippen LogP contribution is -2.48. The van der Waals surface area contributed by atoms with Gasteiger partial charge in [0.1, 0.15) is 0 Å². The van der Waals surface area contributed by atoms with Crippen LogP contribution in [0, 0.1) is 5.92 Å². The van der Waals surface area contributed by atoms with Gasteiger partial charge in [-0.05, 0) is 44.4 Å². The molecule has 1 N–H and O–H groups in total. The normalized spacial score (nSPS) is 17.8. The average molecular weight is 368 g/mol. The smallest absolute Gasteiger partial charge is 0.310 e. The van der Waals surface area contributed by atoms with Crippen LogP contribution in [0.2, 0.25) is 0 Å². The van der Waals surface area contributed by atoms with E-state index in [1.807, 2.05) is 37.4 Å². The second kappa shape index (κ2) is 9.35. The quantitative estimate of drug-likeness (QED) is 0.499. The van der Waals surface area contributed by atoms with Crippen LogP contribution in [0.4, 0.5) is 0 Å². The van der Waals surface area contributed by atoms with E-state index in [-0.39, 0.29) is 11.9 Å². The van der Waals surface area contributed by atoms with Crippen molar-refractivity contribution in [2.75, 3.05) is 26.2 Å². The second-order valence-electron chi connectivity index (χ2n) is 6.69. The highest BCUT2D eigenvalue weighted by Crippen LogP contribution is 2.20. The van der Waals surface area contributed by atoms with Crippen LogP contribution in [0.15, 0.2) is 41.5 Å². The lowest BCUT2D eigenvalue weighted by atomic mass is 9.98. The fraction of sp³-hybridized carbons (Fsp3) is 0.476. The average Bonchev–Trinajstić information content (AvgIpc) is 2.71. The zero-order valence-electron chi connectivity index (χ0n) is 16.1. The zero-order valence-corrected chi connectivity index (χ0v) is 16.1. The van der Waals surface area contributed by atoms with Crippen molar-refractivity contribution in [3.63, 3.8) is 0 Å². The number of guanidine groups is 1. The Hall–Kier alpha value is -2.63. The van der Waals surface area contributed by atoms with Crippen molar-refractivity contribution >= 4 is 22.8 Å². The van der Waals surface area contributed by atoms with Crippen molar-refractivity contribution in [3.8, 4) is 0 Å². The molecule has 0 amide bonds. The van der Waals surface area contributed by atoms with E-state index in [2.05, 4.69) is 28.2 Å². The number of esters is 1. The third-order valence-electron chi connectivity index (χ3n) is 4.81. The van der Waals surface area contributed by atoms with Crippen molar-refractivity contribution in [2.24, 2.45) is 10.9 Å². The lowest BCUT2D eigenvalue weighted by Gasteiger charge is -2.34. The number of nitrogens with zero attached hydrogens (tertiary/aromatic N) is 3. The summed E-state index contributed by atoms with van der Waals surface area (Å²) in [6.07, 6.45) is 3.67. The first-order chi connectivity index (χ1) is 13.2. The van der Waals surface area contributed by atoms with Gasteiger partial charge in [0.15, 0.2) is 5.96 Å². The number of hydrogen-bond acceptors (Lipinski definition) is 4. The molecule has 1 saturated heterocycles. The van der Waals surface area contributed by atoms with Gasteiger partial charge in [-0.2, -0.15) is 0 Å². The summed E-state index contributed by atoms with van der Waals surface area (Å²) in [6, 6.07) is 10.1. The number of carbonyl (C=O) groups excluding carboxylic acids is 1. The molecule has 1 aliphatic rings. The van der Waals surface area contributed by atoms with Gasteiger partial charge >= 0.3 is 5.97 Å². The molecule has 1 aliphatic heterocycles. The van der Waals surface area contributed by atoms with Gasteiger partial charge < -0.3 is 15.0 Å². The van der Waals surface area contributed by atoms with Crippen molar-refractivity contribution in [3.05, 3.63) is 42.1 Å². The number of hydrogen-bond donors (Lipinski definition) is 1. The molecular formula is C21H28N4O2. The van der Waals surface area contributed by atoms with Gasteiger partial charge in [0, 0.05) is 31.2 Å². The number of likely N-dealkylation sites (tertiary alicyclic amines) is 1. The monoisotopic (exact) mass is 368 g/mol. The molecule has 3 rings (SSSR count). The Labute approximate surface area is 160 Å². The van der Waals surface area contributed by atoms with Gasteiger partial charge in [0.2, 0.25) is 0 Å². The molecule has 0 saturated carbocycles. The first-order valence-electron chi connectivity index (χ1n) is 9.75. The number of carbonyl (C=O) groups is 1. The number of aliphatic imine (C=N–C) groups is 1. The number of pyridine rings is 1. The molecule has 6 nitrogen and oxygen atoms in total. The van der Waals surface area contributed by atoms with Crippen LogP contribution in [0.25, 0.3) is 10.9 Å². The Morgan fingerprint density at radius 2 is 2.19 bits per heavy atom. The molecule has 144 valence electrons. The van der Waals surface area contributed by atoms with Gasteiger partial charge in [-0.15, -0.1) is 0 Å². The van der Waals surface area contributed by atoms with Gasteiger partial charge in [-0.3, -0.25) is 9.78 Å². The Morgan fingerprint density at radius 1 is 1.33 bits per heavy atom. The minimum Gasteiger partial charge on any atom is -0.466 e. The molecule has 1 fully saturated rings. The largest absolute Gasteiger partial charge is 0.466 e. The summed E-state index contributed by atoms with van der Waals surface area (Å²) in [4.78, 5) is 23.6. The first kappa shape index (κ1) is 19.1. The summed E-state index contributed by atoms with van der Waals surface area (Å²) in [5.41, 5.74) is 2.13. The molecule has 2 heterocycles. The third kappa shape index (κ3) is 4.76. The number of para-hydroxylation sites is 1. The van der Waals surface area contributed by atoms with Crippen molar-refractivity contribution < 1.29 is 9.53 Å². The van der Waals surface area contributed by atoms with Crippen LogP contribution >= 0.6 is 0 Å². The van der Waals surface area contributed by atoms with Gasteiger partial charge in [-0.25, -0.2) is 4.99 Å². The standard InChI is InChI=1S/C21H28N4O2/c1-3-22-21(25-13-7-8-17(15-25)20(26)27-4-2)24-14-16-11-12-23-19-10-6-5-9-18(16)19/h5-6,9-12,17H,3-4,7-8,13-15H2,1-2H3,(H,22,24)/t17-/m1/s1. The molecule has 1 atom stereocenters. The summed E-state index contributed by atoms with van der Waals surface area (Å²) >= 11 is 0. The Balaban J connectivity index is 1.77. The number of nitrogens with one attached hydrogen (secondary N) is 1. The van der Waals surface area contributed by atoms with Gasteiger partial charge in [0.05, 0.1) is 24.6 Å². The van der Waals surface area contributed by atoms with Crippen molar-refractivity contribution in [1.29, 1.82) is 0 Å². The van der Waals surface area contributed by atoms with E-state index in [9.17, 15) is 4.79 Å². The van der Waals surface area contributed by atoms with E-state index in [0.29, 0.717) is 19.7 Å². The number of benzene rings is 1. The fourth-order valence-electron chi connectivity index (χ4n) is 3.50. The summed E-state index contributed by atoms with van der Waals surface area (Å²) in [5.74, 6) is 0.676. The van der Waals surface area contributed by atoms with E-state index in [1.165, 1.54) is 0 Å². The van der Waals surface area contributed by atoms with E-state index in [0.717, 1.165) is 48.4 Å². The number of fused-ring (bicyclic) bond motifs is 1. The molecule has 0 bridgehead atoms. The maximum absolute atomic E-state index is 12.1. The molecule has 0 spiro atoms. The molecule has 27 heavy (non-hydrogen) atoms.